The number of aromatic nitrogens is 3. The fourth-order valence-electron chi connectivity index (χ4n) is 1.61. The molecule has 86 valence electrons. The molecule has 0 aliphatic heterocycles. The number of hydrogen-bond acceptors (Lipinski definition) is 4. The van der Waals surface area contributed by atoms with Crippen molar-refractivity contribution in [2.24, 2.45) is 5.73 Å². The highest BCUT2D eigenvalue weighted by molar-refractivity contribution is 9.11. The summed E-state index contributed by atoms with van der Waals surface area (Å²) in [6.07, 6.45) is 4.16. The van der Waals surface area contributed by atoms with E-state index in [1.165, 1.54) is 11.2 Å². The summed E-state index contributed by atoms with van der Waals surface area (Å²) < 4.78 is 2.93. The first-order chi connectivity index (χ1) is 7.72. The lowest BCUT2D eigenvalue weighted by Gasteiger charge is -2.21. The molecule has 0 aromatic carbocycles. The molecule has 0 saturated carbocycles. The van der Waals surface area contributed by atoms with Gasteiger partial charge in [-0.05, 0) is 34.5 Å². The van der Waals surface area contributed by atoms with Gasteiger partial charge in [0, 0.05) is 10.9 Å². The minimum Gasteiger partial charge on any atom is -0.326 e. The Labute approximate surface area is 107 Å². The Balaban J connectivity index is 2.35. The molecule has 2 heterocycles. The van der Waals surface area contributed by atoms with Gasteiger partial charge < -0.3 is 5.73 Å². The standard InChI is InChI=1S/C10H13BrN4S/c1-2-7(12)10(15-6-13-5-14-15)8-3-4-9(11)16-8/h3-7,10H,2,12H2,1H3. The van der Waals surface area contributed by atoms with Crippen molar-refractivity contribution in [3.05, 3.63) is 33.5 Å². The summed E-state index contributed by atoms with van der Waals surface area (Å²) in [5.41, 5.74) is 6.15. The highest BCUT2D eigenvalue weighted by Gasteiger charge is 2.22. The molecule has 0 aliphatic carbocycles. The Hall–Kier alpha value is -0.720. The van der Waals surface area contributed by atoms with E-state index in [0.717, 1.165) is 10.2 Å². The molecule has 0 bridgehead atoms. The van der Waals surface area contributed by atoms with Gasteiger partial charge in [-0.2, -0.15) is 5.10 Å². The lowest BCUT2D eigenvalue weighted by atomic mass is 10.1. The fourth-order valence-corrected chi connectivity index (χ4v) is 3.20. The zero-order valence-electron chi connectivity index (χ0n) is 8.88. The molecule has 2 aromatic rings. The third-order valence-electron chi connectivity index (χ3n) is 2.48. The van der Waals surface area contributed by atoms with Crippen molar-refractivity contribution in [1.82, 2.24) is 14.8 Å². The van der Waals surface area contributed by atoms with Crippen molar-refractivity contribution >= 4 is 27.3 Å². The van der Waals surface area contributed by atoms with Crippen LogP contribution in [-0.2, 0) is 0 Å². The highest BCUT2D eigenvalue weighted by Crippen LogP contribution is 2.31. The lowest BCUT2D eigenvalue weighted by molar-refractivity contribution is 0.429. The Morgan fingerprint density at radius 3 is 2.88 bits per heavy atom. The summed E-state index contributed by atoms with van der Waals surface area (Å²) in [6.45, 7) is 2.08. The third kappa shape index (κ3) is 2.34. The Kier molecular flexibility index (Phi) is 3.73. The molecule has 0 radical (unpaired) electrons. The van der Waals surface area contributed by atoms with Crippen molar-refractivity contribution in [1.29, 1.82) is 0 Å². The normalized spacial score (nSPS) is 14.9. The van der Waals surface area contributed by atoms with E-state index in [2.05, 4.69) is 39.0 Å². The van der Waals surface area contributed by atoms with E-state index in [0.29, 0.717) is 0 Å². The molecule has 6 heteroatoms. The van der Waals surface area contributed by atoms with E-state index in [9.17, 15) is 0 Å². The first-order valence-corrected chi connectivity index (χ1v) is 6.68. The highest BCUT2D eigenvalue weighted by atomic mass is 79.9. The molecule has 0 aliphatic rings. The second kappa shape index (κ2) is 5.07. The van der Waals surface area contributed by atoms with Crippen LogP contribution in [0.2, 0.25) is 0 Å². The summed E-state index contributed by atoms with van der Waals surface area (Å²) in [4.78, 5) is 5.18. The van der Waals surface area contributed by atoms with Gasteiger partial charge in [0.15, 0.2) is 0 Å². The van der Waals surface area contributed by atoms with Crippen molar-refractivity contribution in [2.75, 3.05) is 0 Å². The molecule has 2 atom stereocenters. The van der Waals surface area contributed by atoms with Crippen molar-refractivity contribution < 1.29 is 0 Å². The molecule has 0 saturated heterocycles. The number of nitrogens with two attached hydrogens (primary N) is 1. The molecule has 16 heavy (non-hydrogen) atoms. The van der Waals surface area contributed by atoms with E-state index < -0.39 is 0 Å². The van der Waals surface area contributed by atoms with Crippen molar-refractivity contribution in [3.8, 4) is 0 Å². The monoisotopic (exact) mass is 300 g/mol. The number of hydrogen-bond donors (Lipinski definition) is 1. The van der Waals surface area contributed by atoms with Gasteiger partial charge in [0.2, 0.25) is 0 Å². The van der Waals surface area contributed by atoms with Crippen LogP contribution in [0, 0.1) is 0 Å². The van der Waals surface area contributed by atoms with E-state index >= 15 is 0 Å². The summed E-state index contributed by atoms with van der Waals surface area (Å²) in [5.74, 6) is 0. The Morgan fingerprint density at radius 1 is 1.56 bits per heavy atom. The van der Waals surface area contributed by atoms with Crippen LogP contribution in [0.3, 0.4) is 0 Å². The van der Waals surface area contributed by atoms with Gasteiger partial charge in [0.25, 0.3) is 0 Å². The molecule has 2 rings (SSSR count). The molecule has 0 spiro atoms. The molecule has 0 fully saturated rings. The largest absolute Gasteiger partial charge is 0.326 e. The van der Waals surface area contributed by atoms with Crippen molar-refractivity contribution in [2.45, 2.75) is 25.4 Å². The number of halogens is 1. The summed E-state index contributed by atoms with van der Waals surface area (Å²) in [5, 5.41) is 4.19. The van der Waals surface area contributed by atoms with Gasteiger partial charge >= 0.3 is 0 Å². The smallest absolute Gasteiger partial charge is 0.137 e. The SMILES string of the molecule is CCC(N)C(c1ccc(Br)s1)n1cncn1. The maximum absolute atomic E-state index is 6.15. The molecule has 2 aromatic heterocycles. The molecular weight excluding hydrogens is 288 g/mol. The fraction of sp³-hybridized carbons (Fsp3) is 0.400. The van der Waals surface area contributed by atoms with E-state index in [-0.39, 0.29) is 12.1 Å². The van der Waals surface area contributed by atoms with Crippen LogP contribution >= 0.6 is 27.3 Å². The quantitative estimate of drug-likeness (QED) is 0.943. The van der Waals surface area contributed by atoms with Gasteiger partial charge in [0.05, 0.1) is 3.79 Å². The lowest BCUT2D eigenvalue weighted by Crippen LogP contribution is -2.32. The topological polar surface area (TPSA) is 56.7 Å². The predicted molar refractivity (Wildman–Crippen MR) is 68.4 cm³/mol. The van der Waals surface area contributed by atoms with Gasteiger partial charge in [0.1, 0.15) is 18.7 Å². The van der Waals surface area contributed by atoms with Crippen molar-refractivity contribution in [3.63, 3.8) is 0 Å². The minimum absolute atomic E-state index is 0.0484. The van der Waals surface area contributed by atoms with Gasteiger partial charge in [-0.25, -0.2) is 9.67 Å². The second-order valence-corrected chi connectivity index (χ2v) is 6.03. The summed E-state index contributed by atoms with van der Waals surface area (Å²) in [6, 6.07) is 4.24. The van der Waals surface area contributed by atoms with Crippen LogP contribution in [0.4, 0.5) is 0 Å². The van der Waals surface area contributed by atoms with Crippen LogP contribution in [0.15, 0.2) is 28.6 Å². The number of thiophene rings is 1. The zero-order chi connectivity index (χ0) is 11.5. The Morgan fingerprint density at radius 2 is 2.38 bits per heavy atom. The van der Waals surface area contributed by atoms with Crippen LogP contribution in [0.25, 0.3) is 0 Å². The predicted octanol–water partition coefficient (Wildman–Crippen LogP) is 2.43. The second-order valence-electron chi connectivity index (χ2n) is 3.53. The average molecular weight is 301 g/mol. The third-order valence-corrected chi connectivity index (χ3v) is 4.18. The summed E-state index contributed by atoms with van der Waals surface area (Å²) in [7, 11) is 0. The molecule has 2 unspecified atom stereocenters. The maximum atomic E-state index is 6.15. The molecular formula is C10H13BrN4S. The maximum Gasteiger partial charge on any atom is 0.137 e. The number of nitrogens with zero attached hydrogens (tertiary/aromatic N) is 3. The first kappa shape index (κ1) is 11.8. The van der Waals surface area contributed by atoms with Crippen LogP contribution in [-0.4, -0.2) is 20.8 Å². The minimum atomic E-state index is 0.0484. The van der Waals surface area contributed by atoms with Gasteiger partial charge in [-0.1, -0.05) is 6.92 Å². The van der Waals surface area contributed by atoms with Crippen LogP contribution in [0.5, 0.6) is 0 Å². The average Bonchev–Trinajstić information content (AvgIpc) is 2.91. The molecule has 2 N–H and O–H groups in total. The first-order valence-electron chi connectivity index (χ1n) is 5.07. The number of rotatable bonds is 4. The molecule has 4 nitrogen and oxygen atoms in total. The van der Waals surface area contributed by atoms with Gasteiger partial charge in [-0.3, -0.25) is 0 Å². The van der Waals surface area contributed by atoms with Gasteiger partial charge in [-0.15, -0.1) is 11.3 Å². The van der Waals surface area contributed by atoms with Crippen LogP contribution < -0.4 is 5.73 Å². The van der Waals surface area contributed by atoms with E-state index in [4.69, 9.17) is 5.73 Å². The van der Waals surface area contributed by atoms with E-state index in [1.807, 2.05) is 10.7 Å². The van der Waals surface area contributed by atoms with E-state index in [1.54, 1.807) is 17.7 Å². The molecule has 0 amide bonds. The Bertz CT molecular complexity index is 439. The zero-order valence-corrected chi connectivity index (χ0v) is 11.3. The summed E-state index contributed by atoms with van der Waals surface area (Å²) >= 11 is 5.15. The van der Waals surface area contributed by atoms with Crippen LogP contribution in [0.1, 0.15) is 24.3 Å².